The standard InChI is InChI=1S/C25H34O14/c1-9-10-30-23-21(36-16(7)29)20(18(12(3)31-23)34-14(5)27)37-25(8)38-22-19(35-15(6)28)17(33-13(4)26)11(2)32-24(22)39-25/h1,11-12,17-24H,10H2,2-8H3/t11?,12?,17-,18-,19?,20?,21?,22?,23+,24+,25?/m0/s1. The number of fused-ring (bicyclic) bond motifs is 1. The molecule has 3 heterocycles. The lowest BCUT2D eigenvalue weighted by Gasteiger charge is -2.45. The Morgan fingerprint density at radius 3 is 1.77 bits per heavy atom. The Balaban J connectivity index is 1.94. The molecule has 218 valence electrons. The van der Waals surface area contributed by atoms with Gasteiger partial charge in [0.05, 0.1) is 12.2 Å². The smallest absolute Gasteiger partial charge is 0.303 e. The van der Waals surface area contributed by atoms with E-state index in [-0.39, 0.29) is 6.61 Å². The first-order valence-corrected chi connectivity index (χ1v) is 12.3. The van der Waals surface area contributed by atoms with Crippen LogP contribution in [0.3, 0.4) is 0 Å². The predicted molar refractivity (Wildman–Crippen MR) is 125 cm³/mol. The first-order valence-electron chi connectivity index (χ1n) is 12.3. The minimum atomic E-state index is -1.92. The first kappa shape index (κ1) is 30.7. The zero-order valence-electron chi connectivity index (χ0n) is 22.8. The molecule has 0 aliphatic carbocycles. The highest BCUT2D eigenvalue weighted by Gasteiger charge is 2.61. The molecule has 0 aromatic heterocycles. The molecule has 7 unspecified atom stereocenters. The summed E-state index contributed by atoms with van der Waals surface area (Å²) in [5, 5.41) is 0. The molecule has 39 heavy (non-hydrogen) atoms. The molecule has 0 saturated carbocycles. The molecular formula is C25H34O14. The van der Waals surface area contributed by atoms with E-state index >= 15 is 0 Å². The summed E-state index contributed by atoms with van der Waals surface area (Å²) in [5.41, 5.74) is 0. The molecule has 14 heteroatoms. The molecule has 14 nitrogen and oxygen atoms in total. The van der Waals surface area contributed by atoms with Gasteiger partial charge in [-0.3, -0.25) is 23.9 Å². The van der Waals surface area contributed by atoms with Crippen LogP contribution in [0.5, 0.6) is 0 Å². The Hall–Kier alpha value is -2.80. The molecule has 0 radical (unpaired) electrons. The Morgan fingerprint density at radius 2 is 1.23 bits per heavy atom. The van der Waals surface area contributed by atoms with E-state index in [4.69, 9.17) is 53.8 Å². The van der Waals surface area contributed by atoms with Crippen LogP contribution in [0.25, 0.3) is 0 Å². The summed E-state index contributed by atoms with van der Waals surface area (Å²) in [4.78, 5) is 47.6. The summed E-state index contributed by atoms with van der Waals surface area (Å²) < 4.78 is 57.1. The fourth-order valence-corrected chi connectivity index (χ4v) is 4.70. The highest BCUT2D eigenvalue weighted by Crippen LogP contribution is 2.42. The van der Waals surface area contributed by atoms with Crippen LogP contribution in [0.15, 0.2) is 0 Å². The number of carbonyl (C=O) groups is 4. The molecule has 3 saturated heterocycles. The van der Waals surface area contributed by atoms with Crippen LogP contribution >= 0.6 is 0 Å². The van der Waals surface area contributed by atoms with E-state index in [1.54, 1.807) is 13.8 Å². The van der Waals surface area contributed by atoms with Crippen molar-refractivity contribution in [3.05, 3.63) is 0 Å². The van der Waals surface area contributed by atoms with Crippen LogP contribution in [0.2, 0.25) is 0 Å². The van der Waals surface area contributed by atoms with E-state index in [9.17, 15) is 19.2 Å². The Morgan fingerprint density at radius 1 is 0.744 bits per heavy atom. The van der Waals surface area contributed by atoms with Gasteiger partial charge in [0, 0.05) is 34.6 Å². The van der Waals surface area contributed by atoms with Crippen LogP contribution in [-0.2, 0) is 66.5 Å². The summed E-state index contributed by atoms with van der Waals surface area (Å²) in [6.07, 6.45) is -5.40. The van der Waals surface area contributed by atoms with Gasteiger partial charge in [-0.2, -0.15) is 0 Å². The van der Waals surface area contributed by atoms with Gasteiger partial charge in [-0.15, -0.1) is 6.42 Å². The van der Waals surface area contributed by atoms with Gasteiger partial charge in [0.15, 0.2) is 43.1 Å². The molecule has 3 fully saturated rings. The lowest BCUT2D eigenvalue weighted by molar-refractivity contribution is -0.397. The monoisotopic (exact) mass is 558 g/mol. The number of esters is 4. The summed E-state index contributed by atoms with van der Waals surface area (Å²) >= 11 is 0. The van der Waals surface area contributed by atoms with Gasteiger partial charge in [0.2, 0.25) is 0 Å². The van der Waals surface area contributed by atoms with Crippen LogP contribution in [0, 0.1) is 12.3 Å². The third-order valence-electron chi connectivity index (χ3n) is 6.02. The topological polar surface area (TPSA) is 161 Å². The third-order valence-corrected chi connectivity index (χ3v) is 6.02. The average Bonchev–Trinajstić information content (AvgIpc) is 3.14. The summed E-state index contributed by atoms with van der Waals surface area (Å²) in [6, 6.07) is 0. The van der Waals surface area contributed by atoms with Crippen molar-refractivity contribution in [3.8, 4) is 12.3 Å². The van der Waals surface area contributed by atoms with Gasteiger partial charge in [0.25, 0.3) is 5.97 Å². The maximum Gasteiger partial charge on any atom is 0.303 e. The van der Waals surface area contributed by atoms with E-state index < -0.39 is 91.3 Å². The van der Waals surface area contributed by atoms with Crippen molar-refractivity contribution in [2.75, 3.05) is 6.61 Å². The Kier molecular flexibility index (Phi) is 9.92. The maximum atomic E-state index is 12.0. The number of hydrogen-bond donors (Lipinski definition) is 0. The van der Waals surface area contributed by atoms with Gasteiger partial charge in [-0.1, -0.05) is 5.92 Å². The zero-order chi connectivity index (χ0) is 29.1. The van der Waals surface area contributed by atoms with Gasteiger partial charge in [0.1, 0.15) is 12.7 Å². The molecule has 0 N–H and O–H groups in total. The fraction of sp³-hybridized carbons (Fsp3) is 0.760. The molecule has 0 spiro atoms. The number of ether oxygens (including phenoxy) is 10. The lowest BCUT2D eigenvalue weighted by Crippen LogP contribution is -2.62. The van der Waals surface area contributed by atoms with Crippen LogP contribution in [-0.4, -0.2) is 97.9 Å². The zero-order valence-corrected chi connectivity index (χ0v) is 22.8. The normalized spacial score (nSPS) is 39.5. The number of hydrogen-bond acceptors (Lipinski definition) is 14. The number of terminal acetylenes is 1. The highest BCUT2D eigenvalue weighted by atomic mass is 16.9. The first-order chi connectivity index (χ1) is 18.2. The average molecular weight is 559 g/mol. The summed E-state index contributed by atoms with van der Waals surface area (Å²) in [6.45, 7) is 9.20. The Labute approximate surface area is 225 Å². The van der Waals surface area contributed by atoms with E-state index in [2.05, 4.69) is 5.92 Å². The minimum Gasteiger partial charge on any atom is -0.457 e. The molecule has 3 aliphatic heterocycles. The molecule has 0 aromatic carbocycles. The summed E-state index contributed by atoms with van der Waals surface area (Å²) in [5.74, 6) is -2.25. The molecule has 3 rings (SSSR count). The fourth-order valence-electron chi connectivity index (χ4n) is 4.70. The van der Waals surface area contributed by atoms with Crippen molar-refractivity contribution >= 4 is 23.9 Å². The number of carbonyl (C=O) groups excluding carboxylic acids is 4. The molecule has 0 amide bonds. The van der Waals surface area contributed by atoms with Gasteiger partial charge in [-0.25, -0.2) is 0 Å². The maximum absolute atomic E-state index is 12.0. The van der Waals surface area contributed by atoms with E-state index in [0.717, 1.165) is 0 Å². The predicted octanol–water partition coefficient (Wildman–Crippen LogP) is 0.327. The van der Waals surface area contributed by atoms with Crippen LogP contribution in [0.4, 0.5) is 0 Å². The van der Waals surface area contributed by atoms with Crippen LogP contribution in [0.1, 0.15) is 48.5 Å². The second-order valence-corrected chi connectivity index (χ2v) is 9.38. The van der Waals surface area contributed by atoms with Crippen molar-refractivity contribution in [3.63, 3.8) is 0 Å². The SMILES string of the molecule is C#CCO[C@@H]1OC(C)[C@H](OC(C)=O)C(OC2(C)OC3C(OC(C)=O)[C@@H](OC(C)=O)C(C)O[C@@H]3O2)C1OC(C)=O. The lowest BCUT2D eigenvalue weighted by atomic mass is 9.98. The highest BCUT2D eigenvalue weighted by molar-refractivity contribution is 5.68. The molecule has 0 aromatic rings. The van der Waals surface area contributed by atoms with Crippen molar-refractivity contribution in [2.45, 2.75) is 116 Å². The molecular weight excluding hydrogens is 524 g/mol. The van der Waals surface area contributed by atoms with Crippen molar-refractivity contribution in [1.29, 1.82) is 0 Å². The Bertz CT molecular complexity index is 976. The minimum absolute atomic E-state index is 0.179. The quantitative estimate of drug-likeness (QED) is 0.228. The molecule has 0 bridgehead atoms. The molecule has 3 aliphatic rings. The molecule has 11 atom stereocenters. The number of rotatable bonds is 8. The van der Waals surface area contributed by atoms with Gasteiger partial charge < -0.3 is 42.6 Å². The second-order valence-electron chi connectivity index (χ2n) is 9.38. The van der Waals surface area contributed by atoms with Crippen molar-refractivity contribution in [2.24, 2.45) is 0 Å². The van der Waals surface area contributed by atoms with Crippen molar-refractivity contribution in [1.82, 2.24) is 0 Å². The van der Waals surface area contributed by atoms with E-state index in [1.165, 1.54) is 34.6 Å². The summed E-state index contributed by atoms with van der Waals surface area (Å²) in [7, 11) is 0. The van der Waals surface area contributed by atoms with E-state index in [0.29, 0.717) is 0 Å². The largest absolute Gasteiger partial charge is 0.457 e. The van der Waals surface area contributed by atoms with Gasteiger partial charge >= 0.3 is 23.9 Å². The van der Waals surface area contributed by atoms with Gasteiger partial charge in [-0.05, 0) is 13.8 Å². The van der Waals surface area contributed by atoms with E-state index in [1.807, 2.05) is 0 Å². The third kappa shape index (κ3) is 7.44. The second kappa shape index (κ2) is 12.6. The van der Waals surface area contributed by atoms with Crippen LogP contribution < -0.4 is 0 Å². The van der Waals surface area contributed by atoms with Crippen molar-refractivity contribution < 1.29 is 66.5 Å².